The molecule has 1 aliphatic heterocycles. The molecule has 1 aromatic carbocycles. The van der Waals surface area contributed by atoms with Gasteiger partial charge in [-0.1, -0.05) is 12.1 Å². The average molecular weight is 365 g/mol. The number of ether oxygens (including phenoxy) is 1. The van der Waals surface area contributed by atoms with E-state index < -0.39 is 34.0 Å². The highest BCUT2D eigenvalue weighted by Crippen LogP contribution is 2.22. The molecule has 1 aliphatic rings. The summed E-state index contributed by atoms with van der Waals surface area (Å²) in [5.41, 5.74) is 0.602. The Balaban J connectivity index is 2.01. The van der Waals surface area contributed by atoms with Crippen LogP contribution in [-0.2, 0) is 24.3 Å². The normalized spacial score (nSPS) is 19.0. The number of para-hydroxylation sites is 1. The summed E-state index contributed by atoms with van der Waals surface area (Å²) in [6, 6.07) is 7.49. The molecular formula is C16H19N3O5S. The van der Waals surface area contributed by atoms with E-state index in [9.17, 15) is 18.0 Å². The topological polar surface area (TPSA) is 117 Å². The number of nitrogens with one attached hydrogen (secondary N) is 1. The largest absolute Gasteiger partial charge is 0.451 e. The molecule has 0 aromatic heterocycles. The van der Waals surface area contributed by atoms with Gasteiger partial charge in [-0.3, -0.25) is 9.59 Å². The van der Waals surface area contributed by atoms with Crippen molar-refractivity contribution in [2.24, 2.45) is 0 Å². The molecule has 0 radical (unpaired) electrons. The lowest BCUT2D eigenvalue weighted by Gasteiger charge is -2.22. The molecule has 1 fully saturated rings. The Kier molecular flexibility index (Phi) is 5.77. The van der Waals surface area contributed by atoms with Crippen LogP contribution in [0.2, 0.25) is 0 Å². The van der Waals surface area contributed by atoms with Crippen molar-refractivity contribution in [2.45, 2.75) is 31.9 Å². The molecule has 1 heterocycles. The first kappa shape index (κ1) is 18.9. The number of carbonyl (C=O) groups excluding carboxylic acids is 2. The zero-order valence-electron chi connectivity index (χ0n) is 13.9. The number of esters is 1. The van der Waals surface area contributed by atoms with E-state index in [1.165, 1.54) is 6.92 Å². The summed E-state index contributed by atoms with van der Waals surface area (Å²) in [6.07, 6.45) is 0.829. The van der Waals surface area contributed by atoms with Gasteiger partial charge in [0.15, 0.2) is 6.10 Å². The Morgan fingerprint density at radius 1 is 1.40 bits per heavy atom. The molecule has 0 unspecified atom stereocenters. The van der Waals surface area contributed by atoms with Crippen molar-refractivity contribution in [3.8, 4) is 6.07 Å². The van der Waals surface area contributed by atoms with Crippen LogP contribution in [0.1, 0.15) is 25.3 Å². The second-order valence-corrected chi connectivity index (χ2v) is 7.69. The maximum Gasteiger partial charge on any atom is 0.325 e. The highest BCUT2D eigenvalue weighted by molar-refractivity contribution is 7.88. The molecule has 2 atom stereocenters. The van der Waals surface area contributed by atoms with Crippen LogP contribution < -0.4 is 5.32 Å². The first-order valence-corrected chi connectivity index (χ1v) is 9.56. The molecule has 1 saturated heterocycles. The molecule has 9 heteroatoms. The summed E-state index contributed by atoms with van der Waals surface area (Å²) in [6.45, 7) is 1.65. The zero-order valence-corrected chi connectivity index (χ0v) is 14.7. The van der Waals surface area contributed by atoms with Gasteiger partial charge in [0.25, 0.3) is 5.91 Å². The van der Waals surface area contributed by atoms with Crippen LogP contribution in [-0.4, -0.2) is 49.5 Å². The maximum atomic E-state index is 12.2. The Labute approximate surface area is 146 Å². The van der Waals surface area contributed by atoms with Crippen LogP contribution in [0.25, 0.3) is 0 Å². The van der Waals surface area contributed by atoms with Gasteiger partial charge in [-0.2, -0.15) is 9.57 Å². The van der Waals surface area contributed by atoms with E-state index in [2.05, 4.69) is 5.32 Å². The molecule has 0 bridgehead atoms. The van der Waals surface area contributed by atoms with Crippen molar-refractivity contribution in [2.75, 3.05) is 18.1 Å². The fourth-order valence-corrected chi connectivity index (χ4v) is 3.72. The second-order valence-electron chi connectivity index (χ2n) is 5.76. The second kappa shape index (κ2) is 7.63. The average Bonchev–Trinajstić information content (AvgIpc) is 3.05. The van der Waals surface area contributed by atoms with Gasteiger partial charge in [0.1, 0.15) is 12.1 Å². The Hall–Kier alpha value is -2.44. The summed E-state index contributed by atoms with van der Waals surface area (Å²) in [5, 5.41) is 11.5. The molecule has 0 spiro atoms. The maximum absolute atomic E-state index is 12.2. The summed E-state index contributed by atoms with van der Waals surface area (Å²) in [5.74, 6) is -1.35. The third kappa shape index (κ3) is 4.55. The minimum absolute atomic E-state index is 0.259. The Morgan fingerprint density at radius 2 is 2.08 bits per heavy atom. The summed E-state index contributed by atoms with van der Waals surface area (Å²) in [7, 11) is -3.51. The van der Waals surface area contributed by atoms with E-state index in [4.69, 9.17) is 10.00 Å². The van der Waals surface area contributed by atoms with Crippen LogP contribution in [0.15, 0.2) is 24.3 Å². The third-order valence-electron chi connectivity index (χ3n) is 3.87. The molecule has 134 valence electrons. The molecular weight excluding hydrogens is 346 g/mol. The number of amides is 1. The van der Waals surface area contributed by atoms with Gasteiger partial charge in [-0.05, 0) is 31.9 Å². The molecule has 0 saturated carbocycles. The van der Waals surface area contributed by atoms with Gasteiger partial charge < -0.3 is 10.1 Å². The molecule has 0 aliphatic carbocycles. The lowest BCUT2D eigenvalue weighted by atomic mass is 10.2. The van der Waals surface area contributed by atoms with Crippen molar-refractivity contribution in [1.29, 1.82) is 5.26 Å². The Morgan fingerprint density at radius 3 is 2.72 bits per heavy atom. The fourth-order valence-electron chi connectivity index (χ4n) is 2.60. The standard InChI is InChI=1S/C16H19N3O5S/c1-11(15(20)18-13-7-4-3-6-12(13)10-17)24-16(21)14-8-5-9-19(14)25(2,22)23/h3-4,6-7,11,14H,5,8-9H2,1-2H3,(H,18,20)/t11-,14+/m0/s1. The zero-order chi connectivity index (χ0) is 18.6. The number of carbonyl (C=O) groups is 2. The quantitative estimate of drug-likeness (QED) is 0.773. The summed E-state index contributed by atoms with van der Waals surface area (Å²) >= 11 is 0. The number of nitriles is 1. The third-order valence-corrected chi connectivity index (χ3v) is 5.16. The van der Waals surface area contributed by atoms with Gasteiger partial charge in [0.2, 0.25) is 10.0 Å². The number of benzene rings is 1. The Bertz CT molecular complexity index is 815. The first-order chi connectivity index (χ1) is 11.7. The SMILES string of the molecule is C[C@H](OC(=O)[C@H]1CCCN1S(C)(=O)=O)C(=O)Nc1ccccc1C#N. The van der Waals surface area contributed by atoms with E-state index in [-0.39, 0.29) is 12.1 Å². The minimum Gasteiger partial charge on any atom is -0.451 e. The number of hydrogen-bond acceptors (Lipinski definition) is 6. The van der Waals surface area contributed by atoms with Gasteiger partial charge in [0, 0.05) is 6.54 Å². The fraction of sp³-hybridized carbons (Fsp3) is 0.438. The van der Waals surface area contributed by atoms with Crippen molar-refractivity contribution >= 4 is 27.6 Å². The van der Waals surface area contributed by atoms with Crippen LogP contribution in [0, 0.1) is 11.3 Å². The molecule has 1 amide bonds. The highest BCUT2D eigenvalue weighted by atomic mass is 32.2. The van der Waals surface area contributed by atoms with Gasteiger partial charge in [0.05, 0.1) is 17.5 Å². The van der Waals surface area contributed by atoms with Crippen molar-refractivity contribution in [3.05, 3.63) is 29.8 Å². The first-order valence-electron chi connectivity index (χ1n) is 7.71. The number of sulfonamides is 1. The summed E-state index contributed by atoms with van der Waals surface area (Å²) < 4.78 is 29.6. The number of rotatable bonds is 5. The number of anilines is 1. The van der Waals surface area contributed by atoms with E-state index in [0.717, 1.165) is 10.6 Å². The van der Waals surface area contributed by atoms with Gasteiger partial charge >= 0.3 is 5.97 Å². The highest BCUT2D eigenvalue weighted by Gasteiger charge is 2.38. The molecule has 1 aromatic rings. The van der Waals surface area contributed by atoms with Crippen molar-refractivity contribution in [3.63, 3.8) is 0 Å². The van der Waals surface area contributed by atoms with Crippen molar-refractivity contribution in [1.82, 2.24) is 4.31 Å². The van der Waals surface area contributed by atoms with Crippen LogP contribution in [0.3, 0.4) is 0 Å². The van der Waals surface area contributed by atoms with Gasteiger partial charge in [-0.15, -0.1) is 0 Å². The van der Waals surface area contributed by atoms with Crippen LogP contribution in [0.4, 0.5) is 5.69 Å². The molecule has 1 N–H and O–H groups in total. The van der Waals surface area contributed by atoms with E-state index in [1.54, 1.807) is 24.3 Å². The van der Waals surface area contributed by atoms with E-state index >= 15 is 0 Å². The van der Waals surface area contributed by atoms with Gasteiger partial charge in [-0.25, -0.2) is 8.42 Å². The van der Waals surface area contributed by atoms with Crippen LogP contribution in [0.5, 0.6) is 0 Å². The predicted octanol–water partition coefficient (Wildman–Crippen LogP) is 0.852. The number of hydrogen-bond donors (Lipinski definition) is 1. The summed E-state index contributed by atoms with van der Waals surface area (Å²) in [4.78, 5) is 24.4. The molecule has 8 nitrogen and oxygen atoms in total. The lowest BCUT2D eigenvalue weighted by Crippen LogP contribution is -2.43. The minimum atomic E-state index is -3.51. The van der Waals surface area contributed by atoms with E-state index in [1.807, 2.05) is 6.07 Å². The smallest absolute Gasteiger partial charge is 0.325 e. The predicted molar refractivity (Wildman–Crippen MR) is 89.9 cm³/mol. The molecule has 2 rings (SSSR count). The van der Waals surface area contributed by atoms with E-state index in [0.29, 0.717) is 18.5 Å². The monoisotopic (exact) mass is 365 g/mol. The molecule has 25 heavy (non-hydrogen) atoms. The number of nitrogens with zero attached hydrogens (tertiary/aromatic N) is 2. The van der Waals surface area contributed by atoms with Crippen molar-refractivity contribution < 1.29 is 22.7 Å². The lowest BCUT2D eigenvalue weighted by molar-refractivity contribution is -0.156. The van der Waals surface area contributed by atoms with Crippen LogP contribution >= 0.6 is 0 Å².